The van der Waals surface area contributed by atoms with Gasteiger partial charge in [-0.1, -0.05) is 19.9 Å². The number of nitrogens with zero attached hydrogens (tertiary/aromatic N) is 4. The van der Waals surface area contributed by atoms with Gasteiger partial charge < -0.3 is 25.5 Å². The lowest BCUT2D eigenvalue weighted by Gasteiger charge is -2.34. The minimum Gasteiger partial charge on any atom is -0.396 e. The van der Waals surface area contributed by atoms with E-state index in [4.69, 9.17) is 4.99 Å². The van der Waals surface area contributed by atoms with Crippen molar-refractivity contribution < 1.29 is 5.11 Å². The lowest BCUT2D eigenvalue weighted by Crippen LogP contribution is -2.45. The topological polar surface area (TPSA) is 76.0 Å². The Hall–Kier alpha value is -1.13. The zero-order valence-corrected chi connectivity index (χ0v) is 21.5. The molecule has 0 radical (unpaired) electrons. The Labute approximate surface area is 199 Å². The molecule has 2 rings (SSSR count). The minimum absolute atomic E-state index is 0. The molecule has 30 heavy (non-hydrogen) atoms. The van der Waals surface area contributed by atoms with Crippen LogP contribution in [0.15, 0.2) is 23.3 Å². The quantitative estimate of drug-likeness (QED) is 0.245. The van der Waals surface area contributed by atoms with Crippen LogP contribution in [0.1, 0.15) is 45.6 Å². The van der Waals surface area contributed by atoms with Crippen LogP contribution in [0.3, 0.4) is 0 Å². The second kappa shape index (κ2) is 14.0. The zero-order chi connectivity index (χ0) is 21.1. The van der Waals surface area contributed by atoms with Gasteiger partial charge >= 0.3 is 0 Å². The molecule has 0 saturated carbocycles. The number of aliphatic imine (C=N–C) groups is 1. The number of piperazine rings is 1. The molecule has 172 valence electrons. The molecule has 2 heterocycles. The zero-order valence-electron chi connectivity index (χ0n) is 19.2. The highest BCUT2D eigenvalue weighted by Crippen LogP contribution is 2.29. The number of guanidine groups is 1. The number of rotatable bonds is 10. The molecule has 0 unspecified atom stereocenters. The fourth-order valence-corrected chi connectivity index (χ4v) is 3.81. The van der Waals surface area contributed by atoms with E-state index in [0.717, 1.165) is 75.9 Å². The maximum atomic E-state index is 9.47. The monoisotopic (exact) mass is 532 g/mol. The van der Waals surface area contributed by atoms with E-state index in [1.165, 1.54) is 0 Å². The summed E-state index contributed by atoms with van der Waals surface area (Å²) >= 11 is 0. The van der Waals surface area contributed by atoms with E-state index in [1.54, 1.807) is 0 Å². The standard InChI is InChI=1S/C22H40N6O.HI/c1-5-22(6-2,10-16-29)18-26-21(23-7-3)25-17-19-9-8-11-24-20(19)28-14-12-27(4)13-15-28;/h8-9,11,29H,5-7,10,12-18H2,1-4H3,(H2,23,25,26);1H. The predicted molar refractivity (Wildman–Crippen MR) is 137 cm³/mol. The first-order chi connectivity index (χ1) is 14.1. The van der Waals surface area contributed by atoms with Crippen LogP contribution in [0.5, 0.6) is 0 Å². The first-order valence-corrected chi connectivity index (χ1v) is 11.1. The lowest BCUT2D eigenvalue weighted by molar-refractivity contribution is 0.169. The molecule has 1 aliphatic heterocycles. The molecule has 1 fully saturated rings. The number of aliphatic hydroxyl groups excluding tert-OH is 1. The first-order valence-electron chi connectivity index (χ1n) is 11.1. The Morgan fingerprint density at radius 2 is 1.87 bits per heavy atom. The van der Waals surface area contributed by atoms with Crippen LogP contribution in [0, 0.1) is 5.41 Å². The molecule has 0 aliphatic carbocycles. The van der Waals surface area contributed by atoms with Crippen LogP contribution < -0.4 is 15.5 Å². The summed E-state index contributed by atoms with van der Waals surface area (Å²) in [7, 11) is 2.17. The van der Waals surface area contributed by atoms with Gasteiger partial charge in [0.1, 0.15) is 5.82 Å². The summed E-state index contributed by atoms with van der Waals surface area (Å²) in [5.74, 6) is 1.88. The van der Waals surface area contributed by atoms with Crippen molar-refractivity contribution in [2.75, 3.05) is 57.8 Å². The average Bonchev–Trinajstić information content (AvgIpc) is 2.75. The minimum atomic E-state index is 0. The molecule has 0 amide bonds. The molecule has 1 saturated heterocycles. The average molecular weight is 533 g/mol. The number of aromatic nitrogens is 1. The number of halogens is 1. The van der Waals surface area contributed by atoms with Crippen LogP contribution in [0.4, 0.5) is 5.82 Å². The second-order valence-corrected chi connectivity index (χ2v) is 8.01. The summed E-state index contributed by atoms with van der Waals surface area (Å²) in [6.07, 6.45) is 4.75. The highest BCUT2D eigenvalue weighted by atomic mass is 127. The predicted octanol–water partition coefficient (Wildman–Crippen LogP) is 2.70. The molecule has 1 aromatic heterocycles. The number of pyridine rings is 1. The molecule has 8 heteroatoms. The third-order valence-corrected chi connectivity index (χ3v) is 6.20. The molecule has 7 nitrogen and oxygen atoms in total. The van der Waals surface area contributed by atoms with Crippen molar-refractivity contribution in [2.45, 2.75) is 46.6 Å². The van der Waals surface area contributed by atoms with Crippen LogP contribution in [0.2, 0.25) is 0 Å². The number of nitrogens with one attached hydrogen (secondary N) is 2. The van der Waals surface area contributed by atoms with Crippen molar-refractivity contribution in [1.29, 1.82) is 0 Å². The van der Waals surface area contributed by atoms with E-state index in [2.05, 4.69) is 59.3 Å². The maximum Gasteiger partial charge on any atom is 0.191 e. The molecule has 0 atom stereocenters. The van der Waals surface area contributed by atoms with E-state index < -0.39 is 0 Å². The van der Waals surface area contributed by atoms with E-state index in [0.29, 0.717) is 6.54 Å². The highest BCUT2D eigenvalue weighted by Gasteiger charge is 2.25. The number of hydrogen-bond acceptors (Lipinski definition) is 5. The number of hydrogen-bond donors (Lipinski definition) is 3. The van der Waals surface area contributed by atoms with Crippen molar-refractivity contribution in [1.82, 2.24) is 20.5 Å². The van der Waals surface area contributed by atoms with Crippen molar-refractivity contribution in [3.63, 3.8) is 0 Å². The summed E-state index contributed by atoms with van der Waals surface area (Å²) in [5.41, 5.74) is 1.26. The lowest BCUT2D eigenvalue weighted by atomic mass is 9.79. The molecule has 1 aliphatic rings. The van der Waals surface area contributed by atoms with Gasteiger partial charge in [0.25, 0.3) is 0 Å². The van der Waals surface area contributed by atoms with E-state index in [1.807, 2.05) is 12.3 Å². The summed E-state index contributed by atoms with van der Waals surface area (Å²) in [4.78, 5) is 14.2. The highest BCUT2D eigenvalue weighted by molar-refractivity contribution is 14.0. The van der Waals surface area contributed by atoms with Crippen LogP contribution in [-0.4, -0.2) is 73.9 Å². The molecular weight excluding hydrogens is 491 g/mol. The molecule has 0 bridgehead atoms. The van der Waals surface area contributed by atoms with Crippen molar-refractivity contribution in [2.24, 2.45) is 10.4 Å². The Kier molecular flexibility index (Phi) is 12.6. The van der Waals surface area contributed by atoms with Crippen LogP contribution in [0.25, 0.3) is 0 Å². The molecule has 1 aromatic rings. The Morgan fingerprint density at radius 1 is 1.17 bits per heavy atom. The summed E-state index contributed by atoms with van der Waals surface area (Å²) in [6.45, 7) is 13.0. The van der Waals surface area contributed by atoms with Crippen molar-refractivity contribution >= 4 is 35.8 Å². The molecule has 3 N–H and O–H groups in total. The van der Waals surface area contributed by atoms with Gasteiger partial charge in [-0.05, 0) is 44.7 Å². The van der Waals surface area contributed by atoms with Gasteiger partial charge in [-0.3, -0.25) is 0 Å². The van der Waals surface area contributed by atoms with Crippen molar-refractivity contribution in [3.05, 3.63) is 23.9 Å². The van der Waals surface area contributed by atoms with Crippen LogP contribution >= 0.6 is 24.0 Å². The smallest absolute Gasteiger partial charge is 0.191 e. The normalized spacial score (nSPS) is 15.6. The first kappa shape index (κ1) is 26.9. The van der Waals surface area contributed by atoms with Gasteiger partial charge in [0.2, 0.25) is 0 Å². The van der Waals surface area contributed by atoms with Gasteiger partial charge in [-0.2, -0.15) is 0 Å². The number of likely N-dealkylation sites (N-methyl/N-ethyl adjacent to an activating group) is 1. The van der Waals surface area contributed by atoms with E-state index in [-0.39, 0.29) is 36.0 Å². The molecule has 0 aromatic carbocycles. The van der Waals surface area contributed by atoms with Gasteiger partial charge in [0.05, 0.1) is 6.54 Å². The van der Waals surface area contributed by atoms with E-state index in [9.17, 15) is 5.11 Å². The SMILES string of the molecule is CCNC(=NCc1cccnc1N1CCN(C)CC1)NCC(CC)(CC)CCO.I. The summed E-state index contributed by atoms with van der Waals surface area (Å²) in [5, 5.41) is 16.3. The van der Waals surface area contributed by atoms with Gasteiger partial charge in [-0.25, -0.2) is 9.98 Å². The van der Waals surface area contributed by atoms with Gasteiger partial charge in [0, 0.05) is 57.6 Å². The van der Waals surface area contributed by atoms with E-state index >= 15 is 0 Å². The fraction of sp³-hybridized carbons (Fsp3) is 0.727. The van der Waals surface area contributed by atoms with Gasteiger partial charge in [0.15, 0.2) is 5.96 Å². The Balaban J connectivity index is 0.00000450. The van der Waals surface area contributed by atoms with Gasteiger partial charge in [-0.15, -0.1) is 24.0 Å². The van der Waals surface area contributed by atoms with Crippen LogP contribution in [-0.2, 0) is 6.54 Å². The number of anilines is 1. The van der Waals surface area contributed by atoms with Crippen molar-refractivity contribution in [3.8, 4) is 0 Å². The Morgan fingerprint density at radius 3 is 2.47 bits per heavy atom. The maximum absolute atomic E-state index is 9.47. The summed E-state index contributed by atoms with van der Waals surface area (Å²) < 4.78 is 0. The Bertz CT molecular complexity index is 630. The largest absolute Gasteiger partial charge is 0.396 e. The fourth-order valence-electron chi connectivity index (χ4n) is 3.81. The summed E-state index contributed by atoms with van der Waals surface area (Å²) in [6, 6.07) is 4.12. The molecule has 0 spiro atoms. The third-order valence-electron chi connectivity index (χ3n) is 6.20. The molecular formula is C22H41IN6O. The second-order valence-electron chi connectivity index (χ2n) is 8.01. The third kappa shape index (κ3) is 7.85. The number of aliphatic hydroxyl groups is 1.